The number of carbonyl (C=O) groups is 1. The molecule has 0 aromatic carbocycles. The lowest BCUT2D eigenvalue weighted by Crippen LogP contribution is -2.18. The fourth-order valence-corrected chi connectivity index (χ4v) is 1.22. The molecule has 0 unspecified atom stereocenters. The van der Waals surface area contributed by atoms with Crippen LogP contribution in [0.15, 0.2) is 6.07 Å². The van der Waals surface area contributed by atoms with Crippen molar-refractivity contribution < 1.29 is 18.0 Å². The Balaban J connectivity index is 2.74. The molecule has 0 aliphatic heterocycles. The Labute approximate surface area is 106 Å². The molecule has 0 aliphatic carbocycles. The highest BCUT2D eigenvalue weighted by molar-refractivity contribution is 5.73. The summed E-state index contributed by atoms with van der Waals surface area (Å²) in [6, 6.07) is 1.22. The van der Waals surface area contributed by atoms with Gasteiger partial charge in [0.05, 0.1) is 0 Å². The number of hydrazine groups is 1. The van der Waals surface area contributed by atoms with E-state index in [4.69, 9.17) is 11.6 Å². The monoisotopic (exact) mass is 278 g/mol. The first-order valence-corrected chi connectivity index (χ1v) is 5.28. The van der Waals surface area contributed by atoms with E-state index in [1.807, 2.05) is 5.43 Å². The molecule has 0 saturated heterocycles. The van der Waals surface area contributed by atoms with Crippen molar-refractivity contribution in [3.05, 3.63) is 11.9 Å². The third kappa shape index (κ3) is 4.95. The molecule has 1 heterocycles. The standard InChI is InChI=1S/C9H13F3N6O/c10-9(11,12)8-16-6(4-7(17-8)18-14)15-3-1-2-5(13)19/h4H,1-3,14H2,(H2,13,19)(H2,15,16,17,18). The molecule has 0 bridgehead atoms. The molecule has 0 radical (unpaired) electrons. The van der Waals surface area contributed by atoms with Gasteiger partial charge in [0.15, 0.2) is 0 Å². The summed E-state index contributed by atoms with van der Waals surface area (Å²) < 4.78 is 37.5. The second kappa shape index (κ2) is 6.18. The van der Waals surface area contributed by atoms with Gasteiger partial charge >= 0.3 is 6.18 Å². The molecule has 1 rings (SSSR count). The number of nitrogens with two attached hydrogens (primary N) is 2. The summed E-state index contributed by atoms with van der Waals surface area (Å²) >= 11 is 0. The zero-order valence-corrected chi connectivity index (χ0v) is 9.79. The first kappa shape index (κ1) is 15.0. The molecule has 1 amide bonds. The number of alkyl halides is 3. The molecule has 10 heteroatoms. The Morgan fingerprint density at radius 2 is 1.95 bits per heavy atom. The van der Waals surface area contributed by atoms with E-state index in [0.29, 0.717) is 6.42 Å². The minimum atomic E-state index is -4.67. The van der Waals surface area contributed by atoms with Crippen LogP contribution in [0.2, 0.25) is 0 Å². The maximum atomic E-state index is 12.5. The normalized spacial score (nSPS) is 11.2. The number of carbonyl (C=O) groups excluding carboxylic acids is 1. The van der Waals surface area contributed by atoms with E-state index in [2.05, 4.69) is 15.3 Å². The van der Waals surface area contributed by atoms with Gasteiger partial charge in [-0.05, 0) is 6.42 Å². The minimum absolute atomic E-state index is 0.0419. The number of aromatic nitrogens is 2. The molecule has 7 nitrogen and oxygen atoms in total. The summed E-state index contributed by atoms with van der Waals surface area (Å²) in [7, 11) is 0. The summed E-state index contributed by atoms with van der Waals surface area (Å²) in [5, 5.41) is 2.63. The van der Waals surface area contributed by atoms with E-state index in [-0.39, 0.29) is 24.6 Å². The molecular weight excluding hydrogens is 265 g/mol. The summed E-state index contributed by atoms with van der Waals surface area (Å²) in [5.74, 6) is 3.03. The molecule has 1 aromatic rings. The molecule has 0 fully saturated rings. The van der Waals surface area contributed by atoms with Gasteiger partial charge in [-0.3, -0.25) is 4.79 Å². The van der Waals surface area contributed by atoms with E-state index < -0.39 is 17.9 Å². The van der Waals surface area contributed by atoms with Crippen LogP contribution in [0.25, 0.3) is 0 Å². The third-order valence-electron chi connectivity index (χ3n) is 2.03. The second-order valence-corrected chi connectivity index (χ2v) is 3.60. The number of primary amides is 1. The van der Waals surface area contributed by atoms with Crippen LogP contribution in [-0.4, -0.2) is 22.4 Å². The lowest BCUT2D eigenvalue weighted by molar-refractivity contribution is -0.144. The number of rotatable bonds is 6. The van der Waals surface area contributed by atoms with Crippen LogP contribution < -0.4 is 22.3 Å². The van der Waals surface area contributed by atoms with Gasteiger partial charge in [-0.1, -0.05) is 0 Å². The number of amides is 1. The zero-order valence-electron chi connectivity index (χ0n) is 9.79. The molecule has 1 aromatic heterocycles. The van der Waals surface area contributed by atoms with Crippen LogP contribution in [-0.2, 0) is 11.0 Å². The number of nitrogen functional groups attached to an aromatic ring is 1. The average Bonchev–Trinajstić information content (AvgIpc) is 2.33. The fourth-order valence-electron chi connectivity index (χ4n) is 1.22. The quantitative estimate of drug-likeness (QED) is 0.341. The van der Waals surface area contributed by atoms with Crippen LogP contribution in [0.3, 0.4) is 0 Å². The van der Waals surface area contributed by atoms with Crippen molar-refractivity contribution in [3.8, 4) is 0 Å². The molecule has 0 saturated carbocycles. The largest absolute Gasteiger partial charge is 0.451 e. The van der Waals surface area contributed by atoms with Crippen molar-refractivity contribution in [2.45, 2.75) is 19.0 Å². The SMILES string of the molecule is NNc1cc(NCCCC(N)=O)nc(C(F)(F)F)n1. The Hall–Kier alpha value is -2.10. The highest BCUT2D eigenvalue weighted by Crippen LogP contribution is 2.28. The van der Waals surface area contributed by atoms with Crippen LogP contribution >= 0.6 is 0 Å². The predicted molar refractivity (Wildman–Crippen MR) is 61.8 cm³/mol. The van der Waals surface area contributed by atoms with E-state index in [9.17, 15) is 18.0 Å². The Morgan fingerprint density at radius 1 is 1.32 bits per heavy atom. The Kier molecular flexibility index (Phi) is 4.87. The number of anilines is 2. The van der Waals surface area contributed by atoms with Gasteiger partial charge in [0.1, 0.15) is 11.6 Å². The second-order valence-electron chi connectivity index (χ2n) is 3.60. The van der Waals surface area contributed by atoms with Crippen LogP contribution in [0.1, 0.15) is 18.7 Å². The van der Waals surface area contributed by atoms with E-state index in [1.165, 1.54) is 6.07 Å². The van der Waals surface area contributed by atoms with Gasteiger partial charge in [-0.25, -0.2) is 15.8 Å². The summed E-state index contributed by atoms with van der Waals surface area (Å²) in [5.41, 5.74) is 6.95. The molecule has 106 valence electrons. The van der Waals surface area contributed by atoms with Gasteiger partial charge in [0, 0.05) is 19.0 Å². The van der Waals surface area contributed by atoms with E-state index in [1.54, 1.807) is 0 Å². The van der Waals surface area contributed by atoms with E-state index >= 15 is 0 Å². The van der Waals surface area contributed by atoms with Crippen LogP contribution in [0, 0.1) is 0 Å². The smallest absolute Gasteiger partial charge is 0.370 e. The topological polar surface area (TPSA) is 119 Å². The molecule has 0 aliphatic rings. The number of halogens is 3. The fraction of sp³-hybridized carbons (Fsp3) is 0.444. The van der Waals surface area contributed by atoms with Crippen molar-refractivity contribution in [1.29, 1.82) is 0 Å². The summed E-state index contributed by atoms with van der Waals surface area (Å²) in [4.78, 5) is 17.0. The molecule has 0 atom stereocenters. The van der Waals surface area contributed by atoms with Crippen molar-refractivity contribution in [2.24, 2.45) is 11.6 Å². The van der Waals surface area contributed by atoms with Gasteiger partial charge < -0.3 is 16.5 Å². The van der Waals surface area contributed by atoms with Crippen molar-refractivity contribution >= 4 is 17.5 Å². The van der Waals surface area contributed by atoms with Crippen molar-refractivity contribution in [1.82, 2.24) is 9.97 Å². The lowest BCUT2D eigenvalue weighted by Gasteiger charge is -2.11. The first-order chi connectivity index (χ1) is 8.82. The Morgan fingerprint density at radius 3 is 2.47 bits per heavy atom. The minimum Gasteiger partial charge on any atom is -0.370 e. The maximum absolute atomic E-state index is 12.5. The predicted octanol–water partition coefficient (Wildman–Crippen LogP) is 0.458. The number of hydrogen-bond donors (Lipinski definition) is 4. The highest BCUT2D eigenvalue weighted by atomic mass is 19.4. The van der Waals surface area contributed by atoms with Crippen LogP contribution in [0.5, 0.6) is 0 Å². The Bertz CT molecular complexity index is 450. The van der Waals surface area contributed by atoms with Crippen molar-refractivity contribution in [2.75, 3.05) is 17.3 Å². The van der Waals surface area contributed by atoms with Gasteiger partial charge in [0.2, 0.25) is 11.7 Å². The lowest BCUT2D eigenvalue weighted by atomic mass is 10.3. The average molecular weight is 278 g/mol. The maximum Gasteiger partial charge on any atom is 0.451 e. The molecule has 19 heavy (non-hydrogen) atoms. The first-order valence-electron chi connectivity index (χ1n) is 5.28. The summed E-state index contributed by atoms with van der Waals surface area (Å²) in [6.07, 6.45) is -4.16. The summed E-state index contributed by atoms with van der Waals surface area (Å²) in [6.45, 7) is 0.251. The molecular formula is C9H13F3N6O. The molecule has 6 N–H and O–H groups in total. The van der Waals surface area contributed by atoms with E-state index in [0.717, 1.165) is 0 Å². The van der Waals surface area contributed by atoms with Gasteiger partial charge in [-0.15, -0.1) is 0 Å². The zero-order chi connectivity index (χ0) is 14.5. The third-order valence-corrected chi connectivity index (χ3v) is 2.03. The number of nitrogens with zero attached hydrogens (tertiary/aromatic N) is 2. The highest BCUT2D eigenvalue weighted by Gasteiger charge is 2.35. The number of nitrogens with one attached hydrogen (secondary N) is 2. The molecule has 0 spiro atoms. The van der Waals surface area contributed by atoms with Gasteiger partial charge in [-0.2, -0.15) is 13.2 Å². The van der Waals surface area contributed by atoms with Crippen LogP contribution in [0.4, 0.5) is 24.8 Å². The van der Waals surface area contributed by atoms with Gasteiger partial charge in [0.25, 0.3) is 0 Å². The number of hydrogen-bond acceptors (Lipinski definition) is 6. The van der Waals surface area contributed by atoms with Crippen molar-refractivity contribution in [3.63, 3.8) is 0 Å².